The monoisotopic (exact) mass is 289 g/mol. The Morgan fingerprint density at radius 1 is 1.20 bits per heavy atom. The summed E-state index contributed by atoms with van der Waals surface area (Å²) >= 11 is 5.99. The minimum absolute atomic E-state index is 0.321. The molecule has 4 heteroatoms. The minimum Gasteiger partial charge on any atom is -0.464 e. The SMILES string of the molecule is CCOC(=O)C(Nc1ccccc1)c1cccc(Cl)c1. The number of anilines is 1. The van der Waals surface area contributed by atoms with Gasteiger partial charge >= 0.3 is 5.97 Å². The van der Waals surface area contributed by atoms with E-state index < -0.39 is 6.04 Å². The smallest absolute Gasteiger partial charge is 0.333 e. The summed E-state index contributed by atoms with van der Waals surface area (Å²) in [6.07, 6.45) is 0. The van der Waals surface area contributed by atoms with Gasteiger partial charge in [0.25, 0.3) is 0 Å². The molecule has 20 heavy (non-hydrogen) atoms. The first kappa shape index (κ1) is 14.4. The summed E-state index contributed by atoms with van der Waals surface area (Å²) in [5.74, 6) is -0.321. The third kappa shape index (κ3) is 3.75. The van der Waals surface area contributed by atoms with Crippen LogP contribution in [0, 0.1) is 0 Å². The van der Waals surface area contributed by atoms with Crippen LogP contribution in [0.3, 0.4) is 0 Å². The van der Waals surface area contributed by atoms with Gasteiger partial charge in [0.05, 0.1) is 6.61 Å². The van der Waals surface area contributed by atoms with Crippen LogP contribution < -0.4 is 5.32 Å². The molecule has 3 nitrogen and oxygen atoms in total. The number of halogens is 1. The molecule has 0 spiro atoms. The number of hydrogen-bond donors (Lipinski definition) is 1. The number of nitrogens with one attached hydrogen (secondary N) is 1. The van der Waals surface area contributed by atoms with Gasteiger partial charge in [0, 0.05) is 10.7 Å². The molecule has 1 unspecified atom stereocenters. The van der Waals surface area contributed by atoms with E-state index in [4.69, 9.17) is 16.3 Å². The second kappa shape index (κ2) is 6.96. The van der Waals surface area contributed by atoms with E-state index >= 15 is 0 Å². The number of para-hydroxylation sites is 1. The Kier molecular flexibility index (Phi) is 5.02. The van der Waals surface area contributed by atoms with Crippen molar-refractivity contribution in [2.75, 3.05) is 11.9 Å². The van der Waals surface area contributed by atoms with Gasteiger partial charge in [-0.3, -0.25) is 0 Å². The van der Waals surface area contributed by atoms with Crippen molar-refractivity contribution in [2.24, 2.45) is 0 Å². The summed E-state index contributed by atoms with van der Waals surface area (Å²) in [5, 5.41) is 3.76. The summed E-state index contributed by atoms with van der Waals surface area (Å²) < 4.78 is 5.13. The molecule has 2 rings (SSSR count). The Bertz CT molecular complexity index is 572. The molecule has 0 heterocycles. The van der Waals surface area contributed by atoms with Crippen LogP contribution >= 0.6 is 11.6 Å². The zero-order chi connectivity index (χ0) is 14.4. The fourth-order valence-corrected chi connectivity index (χ4v) is 2.09. The molecule has 0 aromatic heterocycles. The maximum absolute atomic E-state index is 12.1. The van der Waals surface area contributed by atoms with E-state index in [-0.39, 0.29) is 5.97 Å². The minimum atomic E-state index is -0.573. The molecular formula is C16H16ClNO2. The Labute approximate surface area is 123 Å². The number of carbonyl (C=O) groups is 1. The predicted octanol–water partition coefficient (Wildman–Crippen LogP) is 4.06. The van der Waals surface area contributed by atoms with Gasteiger partial charge in [-0.1, -0.05) is 41.9 Å². The number of rotatable bonds is 5. The van der Waals surface area contributed by atoms with Crippen molar-refractivity contribution in [2.45, 2.75) is 13.0 Å². The molecule has 0 amide bonds. The van der Waals surface area contributed by atoms with E-state index in [1.807, 2.05) is 42.5 Å². The first-order valence-corrected chi connectivity index (χ1v) is 6.82. The van der Waals surface area contributed by atoms with Crippen molar-refractivity contribution in [3.05, 3.63) is 65.2 Å². The molecule has 0 radical (unpaired) electrons. The molecule has 2 aromatic rings. The molecule has 0 aliphatic rings. The predicted molar refractivity (Wildman–Crippen MR) is 80.9 cm³/mol. The molecule has 0 aliphatic carbocycles. The molecular weight excluding hydrogens is 274 g/mol. The van der Waals surface area contributed by atoms with Crippen LogP contribution in [0.1, 0.15) is 18.5 Å². The maximum atomic E-state index is 12.1. The van der Waals surface area contributed by atoms with Crippen LogP contribution in [-0.2, 0) is 9.53 Å². The van der Waals surface area contributed by atoms with E-state index in [0.717, 1.165) is 11.3 Å². The van der Waals surface area contributed by atoms with Gasteiger partial charge in [-0.05, 0) is 36.8 Å². The number of ether oxygens (including phenoxy) is 1. The van der Waals surface area contributed by atoms with Crippen LogP contribution in [0.25, 0.3) is 0 Å². The number of benzene rings is 2. The van der Waals surface area contributed by atoms with Crippen molar-refractivity contribution in [3.8, 4) is 0 Å². The average Bonchev–Trinajstić information content (AvgIpc) is 2.46. The summed E-state index contributed by atoms with van der Waals surface area (Å²) in [7, 11) is 0. The quantitative estimate of drug-likeness (QED) is 0.844. The van der Waals surface area contributed by atoms with E-state index in [9.17, 15) is 4.79 Å². The van der Waals surface area contributed by atoms with Gasteiger partial charge in [0.1, 0.15) is 0 Å². The van der Waals surface area contributed by atoms with Crippen LogP contribution in [0.15, 0.2) is 54.6 Å². The highest BCUT2D eigenvalue weighted by Gasteiger charge is 2.22. The van der Waals surface area contributed by atoms with Gasteiger partial charge < -0.3 is 10.1 Å². The number of esters is 1. The Morgan fingerprint density at radius 3 is 2.60 bits per heavy atom. The topological polar surface area (TPSA) is 38.3 Å². The standard InChI is InChI=1S/C16H16ClNO2/c1-2-20-16(19)15(12-7-6-8-13(17)11-12)18-14-9-4-3-5-10-14/h3-11,15,18H,2H2,1H3. The van der Waals surface area contributed by atoms with Gasteiger partial charge in [-0.2, -0.15) is 0 Å². The van der Waals surface area contributed by atoms with Crippen molar-refractivity contribution in [1.29, 1.82) is 0 Å². The summed E-state index contributed by atoms with van der Waals surface area (Å²) in [6, 6.07) is 16.2. The zero-order valence-electron chi connectivity index (χ0n) is 11.2. The molecule has 0 bridgehead atoms. The van der Waals surface area contributed by atoms with E-state index in [0.29, 0.717) is 11.6 Å². The van der Waals surface area contributed by atoms with Crippen molar-refractivity contribution < 1.29 is 9.53 Å². The Hall–Kier alpha value is -2.00. The van der Waals surface area contributed by atoms with Gasteiger partial charge in [0.2, 0.25) is 0 Å². The van der Waals surface area contributed by atoms with E-state index in [1.54, 1.807) is 19.1 Å². The van der Waals surface area contributed by atoms with Crippen LogP contribution in [0.5, 0.6) is 0 Å². The third-order valence-electron chi connectivity index (χ3n) is 2.79. The lowest BCUT2D eigenvalue weighted by atomic mass is 10.1. The molecule has 104 valence electrons. The van der Waals surface area contributed by atoms with Gasteiger partial charge in [-0.15, -0.1) is 0 Å². The molecule has 1 atom stereocenters. The Balaban J connectivity index is 2.27. The number of hydrogen-bond acceptors (Lipinski definition) is 3. The fourth-order valence-electron chi connectivity index (χ4n) is 1.89. The maximum Gasteiger partial charge on any atom is 0.333 e. The highest BCUT2D eigenvalue weighted by molar-refractivity contribution is 6.30. The van der Waals surface area contributed by atoms with Crippen molar-refractivity contribution in [1.82, 2.24) is 0 Å². The highest BCUT2D eigenvalue weighted by atomic mass is 35.5. The lowest BCUT2D eigenvalue weighted by molar-refractivity contribution is -0.144. The molecule has 0 saturated heterocycles. The second-order valence-corrected chi connectivity index (χ2v) is 4.69. The van der Waals surface area contributed by atoms with Crippen molar-refractivity contribution in [3.63, 3.8) is 0 Å². The Morgan fingerprint density at radius 2 is 1.95 bits per heavy atom. The first-order valence-electron chi connectivity index (χ1n) is 6.44. The average molecular weight is 290 g/mol. The lowest BCUT2D eigenvalue weighted by Gasteiger charge is -2.19. The number of carbonyl (C=O) groups excluding carboxylic acids is 1. The molecule has 2 aromatic carbocycles. The van der Waals surface area contributed by atoms with E-state index in [1.165, 1.54) is 0 Å². The molecule has 0 saturated carbocycles. The second-order valence-electron chi connectivity index (χ2n) is 4.25. The first-order chi connectivity index (χ1) is 9.70. The molecule has 0 fully saturated rings. The van der Waals surface area contributed by atoms with Crippen molar-refractivity contribution >= 4 is 23.3 Å². The summed E-state index contributed by atoms with van der Waals surface area (Å²) in [6.45, 7) is 2.13. The summed E-state index contributed by atoms with van der Waals surface area (Å²) in [5.41, 5.74) is 1.63. The van der Waals surface area contributed by atoms with E-state index in [2.05, 4.69) is 5.32 Å². The molecule has 0 aliphatic heterocycles. The third-order valence-corrected chi connectivity index (χ3v) is 3.02. The van der Waals surface area contributed by atoms with Gasteiger partial charge in [0.15, 0.2) is 6.04 Å². The molecule has 1 N–H and O–H groups in total. The normalized spacial score (nSPS) is 11.7. The zero-order valence-corrected chi connectivity index (χ0v) is 11.9. The highest BCUT2D eigenvalue weighted by Crippen LogP contribution is 2.23. The fraction of sp³-hybridized carbons (Fsp3) is 0.188. The summed E-state index contributed by atoms with van der Waals surface area (Å²) in [4.78, 5) is 12.1. The van der Waals surface area contributed by atoms with Crippen LogP contribution in [-0.4, -0.2) is 12.6 Å². The van der Waals surface area contributed by atoms with Crippen LogP contribution in [0.2, 0.25) is 5.02 Å². The van der Waals surface area contributed by atoms with Crippen LogP contribution in [0.4, 0.5) is 5.69 Å². The van der Waals surface area contributed by atoms with Gasteiger partial charge in [-0.25, -0.2) is 4.79 Å². The lowest BCUT2D eigenvalue weighted by Crippen LogP contribution is -2.23. The largest absolute Gasteiger partial charge is 0.464 e.